The first-order valence-electron chi connectivity index (χ1n) is 18.5. The molecule has 0 bridgehead atoms. The normalized spacial score (nSPS) is 12.2. The summed E-state index contributed by atoms with van der Waals surface area (Å²) in [5, 5.41) is 0. The number of rotatable bonds is 15. The number of methoxy groups -OCH3 is 3. The summed E-state index contributed by atoms with van der Waals surface area (Å²) in [7, 11) is 4.45. The highest BCUT2D eigenvalue weighted by Crippen LogP contribution is 2.41. The number of hydrogen-bond acceptors (Lipinski definition) is 6. The predicted octanol–water partition coefficient (Wildman–Crippen LogP) is 13.8. The Bertz CT molecular complexity index is 1870. The SMILES string of the molecule is C=C(c1ccc(OCOC)c(C(C)(C)C)c1)C(F)(F)F.C=C(c1ccc(OCOC)c(C(C)(C)CC)c1)C(F)(F)F.C=C(c1ccc(OCOC)c(C(C)C)c1)C(F)(F)F. The highest BCUT2D eigenvalue weighted by atomic mass is 19.4. The van der Waals surface area contributed by atoms with Gasteiger partial charge < -0.3 is 28.4 Å². The van der Waals surface area contributed by atoms with Crippen LogP contribution in [-0.4, -0.2) is 60.2 Å². The average molecular weight is 865 g/mol. The summed E-state index contributed by atoms with van der Waals surface area (Å²) in [6, 6.07) is 13.1. The lowest BCUT2D eigenvalue weighted by molar-refractivity contribution is -0.0695. The molecule has 0 spiro atoms. The zero-order chi connectivity index (χ0) is 46.4. The maximum absolute atomic E-state index is 12.8. The number of benzene rings is 3. The molecule has 6 nitrogen and oxygen atoms in total. The highest BCUT2D eigenvalue weighted by molar-refractivity contribution is 5.71. The third-order valence-electron chi connectivity index (χ3n) is 9.08. The van der Waals surface area contributed by atoms with Gasteiger partial charge in [-0.15, -0.1) is 0 Å². The fourth-order valence-electron chi connectivity index (χ4n) is 5.17. The molecule has 15 heteroatoms. The van der Waals surface area contributed by atoms with Crippen molar-refractivity contribution in [3.8, 4) is 17.2 Å². The summed E-state index contributed by atoms with van der Waals surface area (Å²) in [4.78, 5) is 0. The molecule has 336 valence electrons. The molecule has 0 fully saturated rings. The van der Waals surface area contributed by atoms with Crippen LogP contribution >= 0.6 is 0 Å². The van der Waals surface area contributed by atoms with Gasteiger partial charge in [-0.05, 0) is 81.8 Å². The predicted molar refractivity (Wildman–Crippen MR) is 218 cm³/mol. The molecule has 0 N–H and O–H groups in total. The van der Waals surface area contributed by atoms with Crippen LogP contribution in [0.1, 0.15) is 101 Å². The number of allylic oxidation sites excluding steroid dienone is 3. The van der Waals surface area contributed by atoms with Crippen molar-refractivity contribution < 1.29 is 67.9 Å². The lowest BCUT2D eigenvalue weighted by Crippen LogP contribution is -2.19. The Balaban J connectivity index is 0.000000451. The van der Waals surface area contributed by atoms with Gasteiger partial charge in [0, 0.05) is 32.5 Å². The van der Waals surface area contributed by atoms with Gasteiger partial charge in [-0.25, -0.2) is 0 Å². The number of alkyl halides is 9. The molecule has 0 aliphatic rings. The Hall–Kier alpha value is -4.47. The lowest BCUT2D eigenvalue weighted by atomic mass is 9.80. The van der Waals surface area contributed by atoms with E-state index in [9.17, 15) is 39.5 Å². The molecule has 0 saturated heterocycles. The molecule has 3 aromatic rings. The quantitative estimate of drug-likeness (QED) is 0.112. The minimum absolute atomic E-state index is 0.0350. The van der Waals surface area contributed by atoms with E-state index in [1.165, 1.54) is 75.9 Å². The van der Waals surface area contributed by atoms with E-state index < -0.39 is 35.2 Å². The van der Waals surface area contributed by atoms with Gasteiger partial charge in [0.25, 0.3) is 0 Å². The van der Waals surface area contributed by atoms with Crippen molar-refractivity contribution in [2.45, 2.75) is 97.1 Å². The number of ether oxygens (including phenoxy) is 6. The molecule has 0 radical (unpaired) electrons. The fraction of sp³-hybridized carbons (Fsp3) is 0.467. The highest BCUT2D eigenvalue weighted by Gasteiger charge is 2.36. The number of halogens is 9. The molecule has 0 amide bonds. The molecule has 0 unspecified atom stereocenters. The van der Waals surface area contributed by atoms with Gasteiger partial charge >= 0.3 is 18.5 Å². The Labute approximate surface area is 348 Å². The molecule has 0 heterocycles. The van der Waals surface area contributed by atoms with E-state index in [1.807, 2.05) is 55.4 Å². The summed E-state index contributed by atoms with van der Waals surface area (Å²) in [6.07, 6.45) is -12.5. The van der Waals surface area contributed by atoms with Crippen LogP contribution in [0.25, 0.3) is 16.7 Å². The van der Waals surface area contributed by atoms with Crippen LogP contribution in [0.15, 0.2) is 74.3 Å². The second-order valence-electron chi connectivity index (χ2n) is 15.4. The first-order valence-corrected chi connectivity index (χ1v) is 18.5. The van der Waals surface area contributed by atoms with Crippen molar-refractivity contribution in [1.82, 2.24) is 0 Å². The molecule has 60 heavy (non-hydrogen) atoms. The third kappa shape index (κ3) is 16.2. The molecular weight excluding hydrogens is 807 g/mol. The van der Waals surface area contributed by atoms with Gasteiger partial charge in [0.2, 0.25) is 0 Å². The largest absolute Gasteiger partial charge is 0.467 e. The van der Waals surface area contributed by atoms with E-state index >= 15 is 0 Å². The minimum Gasteiger partial charge on any atom is -0.467 e. The van der Waals surface area contributed by atoms with Crippen molar-refractivity contribution in [2.24, 2.45) is 0 Å². The van der Waals surface area contributed by atoms with E-state index in [-0.39, 0.29) is 53.8 Å². The smallest absolute Gasteiger partial charge is 0.416 e. The van der Waals surface area contributed by atoms with Crippen LogP contribution in [0, 0.1) is 0 Å². The molecule has 0 aliphatic heterocycles. The summed E-state index contributed by atoms with van der Waals surface area (Å²) < 4.78 is 145. The van der Waals surface area contributed by atoms with E-state index in [0.29, 0.717) is 33.9 Å². The van der Waals surface area contributed by atoms with Crippen LogP contribution < -0.4 is 14.2 Å². The first kappa shape index (κ1) is 53.5. The van der Waals surface area contributed by atoms with E-state index in [0.717, 1.165) is 6.42 Å². The molecule has 0 aromatic heterocycles. The minimum atomic E-state index is -4.44. The molecular formula is C45H57F9O6. The van der Waals surface area contributed by atoms with Crippen molar-refractivity contribution in [3.63, 3.8) is 0 Å². The lowest BCUT2D eigenvalue weighted by Gasteiger charge is -2.27. The van der Waals surface area contributed by atoms with Gasteiger partial charge in [0.15, 0.2) is 20.4 Å². The topological polar surface area (TPSA) is 55.4 Å². The second kappa shape index (κ2) is 22.4. The average Bonchev–Trinajstić information content (AvgIpc) is 3.16. The van der Waals surface area contributed by atoms with Crippen molar-refractivity contribution >= 4 is 16.7 Å². The summed E-state index contributed by atoms with van der Waals surface area (Å²) in [6.45, 7) is 24.9. The third-order valence-corrected chi connectivity index (χ3v) is 9.08. The van der Waals surface area contributed by atoms with Crippen LogP contribution in [0.5, 0.6) is 17.2 Å². The summed E-state index contributed by atoms with van der Waals surface area (Å²) >= 11 is 0. The molecule has 0 aliphatic carbocycles. The maximum atomic E-state index is 12.8. The van der Waals surface area contributed by atoms with Gasteiger partial charge in [0.05, 0.1) is 16.7 Å². The maximum Gasteiger partial charge on any atom is 0.416 e. The second-order valence-corrected chi connectivity index (χ2v) is 15.4. The van der Waals surface area contributed by atoms with Gasteiger partial charge in [0.1, 0.15) is 17.2 Å². The van der Waals surface area contributed by atoms with Crippen LogP contribution in [0.4, 0.5) is 39.5 Å². The zero-order valence-corrected chi connectivity index (χ0v) is 36.1. The van der Waals surface area contributed by atoms with Gasteiger partial charge in [-0.3, -0.25) is 0 Å². The Kier molecular flexibility index (Phi) is 20.0. The van der Waals surface area contributed by atoms with E-state index in [4.69, 9.17) is 28.4 Å². The Morgan fingerprint density at radius 3 is 1.15 bits per heavy atom. The molecule has 3 rings (SSSR count). The van der Waals surface area contributed by atoms with E-state index in [2.05, 4.69) is 19.7 Å². The monoisotopic (exact) mass is 864 g/mol. The van der Waals surface area contributed by atoms with Gasteiger partial charge in [-0.1, -0.05) is 93.3 Å². The molecule has 0 saturated carbocycles. The Morgan fingerprint density at radius 1 is 0.517 bits per heavy atom. The first-order chi connectivity index (χ1) is 27.5. The Morgan fingerprint density at radius 2 is 0.833 bits per heavy atom. The molecule has 3 aromatic carbocycles. The van der Waals surface area contributed by atoms with Gasteiger partial charge in [-0.2, -0.15) is 39.5 Å². The van der Waals surface area contributed by atoms with Crippen molar-refractivity contribution in [2.75, 3.05) is 41.7 Å². The molecule has 0 atom stereocenters. The van der Waals surface area contributed by atoms with Crippen LogP contribution in [0.2, 0.25) is 0 Å². The van der Waals surface area contributed by atoms with Crippen LogP contribution in [-0.2, 0) is 25.0 Å². The zero-order valence-electron chi connectivity index (χ0n) is 36.1. The summed E-state index contributed by atoms with van der Waals surface area (Å²) in [5.41, 5.74) is -0.988. The standard InChI is InChI=1S/C16H21F3O2.C15H19F3O2.C14H17F3O2/c1-6-15(3,4)13-9-12(11(2)16(17,18)19)7-8-14(13)21-10-20-5;1-10(15(16,17)18)11-6-7-13(20-9-19-5)12(8-11)14(2,3)4;1-9(2)12-7-11(10(3)14(15,16)17)5-6-13(12)19-8-18-4/h7-9H,2,6,10H2,1,3-5H3;6-8H,1,9H2,2-5H3;5-7,9H,3,8H2,1-2,4H3. The van der Waals surface area contributed by atoms with Crippen molar-refractivity contribution in [3.05, 3.63) is 108 Å². The summed E-state index contributed by atoms with van der Waals surface area (Å²) in [5.74, 6) is 1.60. The van der Waals surface area contributed by atoms with E-state index in [1.54, 1.807) is 0 Å². The fourth-order valence-corrected chi connectivity index (χ4v) is 5.17. The van der Waals surface area contributed by atoms with Crippen molar-refractivity contribution in [1.29, 1.82) is 0 Å². The number of hydrogen-bond donors (Lipinski definition) is 0. The van der Waals surface area contributed by atoms with Crippen LogP contribution in [0.3, 0.4) is 0 Å².